The molecule has 90 valence electrons. The highest BCUT2D eigenvalue weighted by Gasteiger charge is 2.38. The predicted octanol–water partition coefficient (Wildman–Crippen LogP) is 5.14. The van der Waals surface area contributed by atoms with Gasteiger partial charge in [-0.25, -0.2) is 0 Å². The summed E-state index contributed by atoms with van der Waals surface area (Å²) in [4.78, 5) is 0. The molecule has 3 atom stereocenters. The summed E-state index contributed by atoms with van der Waals surface area (Å²) in [5.74, 6) is 2.18. The standard InChI is InChI=1S/C16H26/c1-6-8-9-13(4)14(5)10-15-11-16(15)12(3)7-2/h8-9,13,15-16H,3,5-7,10-11H2,1-2,4H3. The Morgan fingerprint density at radius 2 is 2.06 bits per heavy atom. The second-order valence-corrected chi connectivity index (χ2v) is 5.10. The molecule has 16 heavy (non-hydrogen) atoms. The van der Waals surface area contributed by atoms with Crippen molar-refractivity contribution in [2.45, 2.75) is 46.5 Å². The Balaban J connectivity index is 2.31. The summed E-state index contributed by atoms with van der Waals surface area (Å²) in [5, 5.41) is 0. The van der Waals surface area contributed by atoms with Crippen LogP contribution < -0.4 is 0 Å². The molecule has 0 aromatic heterocycles. The van der Waals surface area contributed by atoms with E-state index in [2.05, 4.69) is 46.1 Å². The van der Waals surface area contributed by atoms with E-state index in [9.17, 15) is 0 Å². The van der Waals surface area contributed by atoms with Gasteiger partial charge in [-0.2, -0.15) is 0 Å². The smallest absolute Gasteiger partial charge is 0.00542 e. The van der Waals surface area contributed by atoms with E-state index in [-0.39, 0.29) is 0 Å². The fourth-order valence-corrected chi connectivity index (χ4v) is 2.23. The second kappa shape index (κ2) is 6.08. The van der Waals surface area contributed by atoms with E-state index in [1.54, 1.807) is 0 Å². The van der Waals surface area contributed by atoms with Crippen molar-refractivity contribution in [1.82, 2.24) is 0 Å². The van der Waals surface area contributed by atoms with Gasteiger partial charge in [0.25, 0.3) is 0 Å². The topological polar surface area (TPSA) is 0 Å². The third kappa shape index (κ3) is 3.66. The van der Waals surface area contributed by atoms with Gasteiger partial charge >= 0.3 is 0 Å². The zero-order chi connectivity index (χ0) is 12.1. The van der Waals surface area contributed by atoms with E-state index in [4.69, 9.17) is 0 Å². The van der Waals surface area contributed by atoms with E-state index in [0.29, 0.717) is 5.92 Å². The lowest BCUT2D eigenvalue weighted by atomic mass is 9.95. The van der Waals surface area contributed by atoms with Crippen molar-refractivity contribution in [3.05, 3.63) is 36.5 Å². The molecular formula is C16H26. The molecule has 0 saturated heterocycles. The molecule has 0 spiro atoms. The highest BCUT2D eigenvalue weighted by molar-refractivity contribution is 5.17. The molecule has 1 aliphatic rings. The van der Waals surface area contributed by atoms with Gasteiger partial charge in [0.15, 0.2) is 0 Å². The van der Waals surface area contributed by atoms with Gasteiger partial charge in [0.05, 0.1) is 0 Å². The van der Waals surface area contributed by atoms with Crippen LogP contribution in [0.15, 0.2) is 36.5 Å². The fourth-order valence-electron chi connectivity index (χ4n) is 2.23. The van der Waals surface area contributed by atoms with Crippen molar-refractivity contribution in [3.8, 4) is 0 Å². The molecule has 1 saturated carbocycles. The maximum atomic E-state index is 4.23. The Morgan fingerprint density at radius 1 is 1.38 bits per heavy atom. The molecule has 0 N–H and O–H groups in total. The zero-order valence-electron chi connectivity index (χ0n) is 11.1. The van der Waals surface area contributed by atoms with Gasteiger partial charge < -0.3 is 0 Å². The number of rotatable bonds is 7. The monoisotopic (exact) mass is 218 g/mol. The molecule has 1 fully saturated rings. The molecule has 1 aliphatic carbocycles. The first-order valence-electron chi connectivity index (χ1n) is 6.62. The summed E-state index contributed by atoms with van der Waals surface area (Å²) in [6.45, 7) is 15.0. The van der Waals surface area contributed by atoms with Gasteiger partial charge in [0.1, 0.15) is 0 Å². The first kappa shape index (κ1) is 13.3. The number of allylic oxidation sites excluding steroid dienone is 4. The van der Waals surface area contributed by atoms with Crippen molar-refractivity contribution >= 4 is 0 Å². The minimum atomic E-state index is 0.538. The van der Waals surface area contributed by atoms with Crippen LogP contribution in [-0.2, 0) is 0 Å². The minimum Gasteiger partial charge on any atom is -0.0996 e. The van der Waals surface area contributed by atoms with Crippen LogP contribution in [0.4, 0.5) is 0 Å². The molecule has 0 aliphatic heterocycles. The van der Waals surface area contributed by atoms with E-state index in [0.717, 1.165) is 24.7 Å². The van der Waals surface area contributed by atoms with Crippen molar-refractivity contribution in [3.63, 3.8) is 0 Å². The van der Waals surface area contributed by atoms with Gasteiger partial charge in [-0.05, 0) is 43.4 Å². The molecule has 0 heteroatoms. The van der Waals surface area contributed by atoms with Crippen molar-refractivity contribution in [2.24, 2.45) is 17.8 Å². The number of hydrogen-bond acceptors (Lipinski definition) is 0. The molecule has 3 unspecified atom stereocenters. The van der Waals surface area contributed by atoms with Crippen LogP contribution in [0.25, 0.3) is 0 Å². The Bertz CT molecular complexity index is 282. The molecule has 0 nitrogen and oxygen atoms in total. The van der Waals surface area contributed by atoms with Crippen LogP contribution in [0.3, 0.4) is 0 Å². The van der Waals surface area contributed by atoms with Gasteiger partial charge in [0.2, 0.25) is 0 Å². The molecular weight excluding hydrogens is 192 g/mol. The van der Waals surface area contributed by atoms with Crippen molar-refractivity contribution < 1.29 is 0 Å². The van der Waals surface area contributed by atoms with E-state index < -0.39 is 0 Å². The molecule has 0 amide bonds. The molecule has 0 radical (unpaired) electrons. The maximum Gasteiger partial charge on any atom is -0.00542 e. The third-order valence-corrected chi connectivity index (χ3v) is 3.73. The number of hydrogen-bond donors (Lipinski definition) is 0. The second-order valence-electron chi connectivity index (χ2n) is 5.10. The van der Waals surface area contributed by atoms with Crippen molar-refractivity contribution in [1.29, 1.82) is 0 Å². The van der Waals surface area contributed by atoms with Crippen LogP contribution in [0, 0.1) is 17.8 Å². The summed E-state index contributed by atoms with van der Waals surface area (Å²) in [5.41, 5.74) is 2.83. The molecule has 0 bridgehead atoms. The molecule has 1 rings (SSSR count). The van der Waals surface area contributed by atoms with E-state index >= 15 is 0 Å². The van der Waals surface area contributed by atoms with E-state index in [1.807, 2.05) is 0 Å². The SMILES string of the molecule is C=C(CC1CC1C(=C)CC)C(C)C=CCC. The molecule has 0 aromatic rings. The highest BCUT2D eigenvalue weighted by Crippen LogP contribution is 2.48. The van der Waals surface area contributed by atoms with Crippen LogP contribution in [-0.4, -0.2) is 0 Å². The average Bonchev–Trinajstić information content (AvgIpc) is 3.03. The summed E-state index contributed by atoms with van der Waals surface area (Å²) in [6.07, 6.45) is 9.32. The Hall–Kier alpha value is -0.780. The maximum absolute atomic E-state index is 4.23. The first-order valence-corrected chi connectivity index (χ1v) is 6.62. The summed E-state index contributed by atoms with van der Waals surface area (Å²) >= 11 is 0. The quantitative estimate of drug-likeness (QED) is 0.519. The van der Waals surface area contributed by atoms with Crippen LogP contribution in [0.5, 0.6) is 0 Å². The lowest BCUT2D eigenvalue weighted by Crippen LogP contribution is -1.97. The Kier molecular flexibility index (Phi) is 5.05. The lowest BCUT2D eigenvalue weighted by molar-refractivity contribution is 0.684. The van der Waals surface area contributed by atoms with Gasteiger partial charge in [0, 0.05) is 0 Å². The normalized spacial score (nSPS) is 25.7. The minimum absolute atomic E-state index is 0.538. The first-order chi connectivity index (χ1) is 7.60. The van der Waals surface area contributed by atoms with Crippen molar-refractivity contribution in [2.75, 3.05) is 0 Å². The average molecular weight is 218 g/mol. The van der Waals surface area contributed by atoms with Crippen LogP contribution >= 0.6 is 0 Å². The van der Waals surface area contributed by atoms with Crippen LogP contribution in [0.2, 0.25) is 0 Å². The zero-order valence-corrected chi connectivity index (χ0v) is 11.1. The lowest BCUT2D eigenvalue weighted by Gasteiger charge is -2.10. The Labute approximate surface area is 101 Å². The summed E-state index contributed by atoms with van der Waals surface area (Å²) in [7, 11) is 0. The summed E-state index contributed by atoms with van der Waals surface area (Å²) < 4.78 is 0. The largest absolute Gasteiger partial charge is 0.0996 e. The molecule has 0 heterocycles. The van der Waals surface area contributed by atoms with Crippen LogP contribution in [0.1, 0.15) is 46.5 Å². The Morgan fingerprint density at radius 3 is 2.62 bits per heavy atom. The predicted molar refractivity (Wildman–Crippen MR) is 73.4 cm³/mol. The van der Waals surface area contributed by atoms with Gasteiger partial charge in [-0.3, -0.25) is 0 Å². The molecule has 0 aromatic carbocycles. The van der Waals surface area contributed by atoms with Gasteiger partial charge in [-0.15, -0.1) is 0 Å². The van der Waals surface area contributed by atoms with E-state index in [1.165, 1.54) is 24.0 Å². The fraction of sp³-hybridized carbons (Fsp3) is 0.625. The third-order valence-electron chi connectivity index (χ3n) is 3.73. The summed E-state index contributed by atoms with van der Waals surface area (Å²) in [6, 6.07) is 0. The highest BCUT2D eigenvalue weighted by atomic mass is 14.4. The van der Waals surface area contributed by atoms with Gasteiger partial charge in [-0.1, -0.05) is 57.2 Å².